The third-order valence-electron chi connectivity index (χ3n) is 4.46. The second-order valence-electron chi connectivity index (χ2n) is 6.40. The first-order chi connectivity index (χ1) is 13.4. The van der Waals surface area contributed by atoms with E-state index in [-0.39, 0.29) is 24.8 Å². The number of rotatable bonds is 8. The van der Waals surface area contributed by atoms with E-state index in [9.17, 15) is 14.0 Å². The van der Waals surface area contributed by atoms with E-state index < -0.39 is 5.97 Å². The number of ketones is 1. The maximum Gasteiger partial charge on any atom is 0.328 e. The van der Waals surface area contributed by atoms with Crippen molar-refractivity contribution >= 4 is 11.8 Å². The van der Waals surface area contributed by atoms with Crippen LogP contribution in [0.2, 0.25) is 0 Å². The number of Topliss-reactive ketones (excluding diaryl/α,β-unsaturated/α-hetero) is 1. The van der Waals surface area contributed by atoms with Crippen LogP contribution in [0.3, 0.4) is 0 Å². The topological polar surface area (TPSA) is 91.9 Å². The molecule has 2 aromatic heterocycles. The molecule has 0 bridgehead atoms. The van der Waals surface area contributed by atoms with Crippen LogP contribution in [-0.4, -0.2) is 43.1 Å². The zero-order valence-corrected chi connectivity index (χ0v) is 15.6. The van der Waals surface area contributed by atoms with Crippen molar-refractivity contribution < 1.29 is 18.7 Å². The standard InChI is InChI=1S/C19H20FN5O3/c1-13-9-17(18(26)11-28-19(27)10-24-12-21-22-23-24)14(2)25(13)8-7-15-3-5-16(20)6-4-15/h3-6,9,12H,7-8,10-11H2,1-2H3. The highest BCUT2D eigenvalue weighted by Crippen LogP contribution is 2.17. The Morgan fingerprint density at radius 3 is 2.61 bits per heavy atom. The number of esters is 1. The highest BCUT2D eigenvalue weighted by molar-refractivity contribution is 5.99. The predicted octanol–water partition coefficient (Wildman–Crippen LogP) is 1.90. The number of hydrogen-bond donors (Lipinski definition) is 0. The van der Waals surface area contributed by atoms with Crippen LogP contribution >= 0.6 is 0 Å². The Morgan fingerprint density at radius 2 is 1.93 bits per heavy atom. The molecule has 0 atom stereocenters. The van der Waals surface area contributed by atoms with E-state index in [0.717, 1.165) is 17.0 Å². The summed E-state index contributed by atoms with van der Waals surface area (Å²) in [6.45, 7) is 3.93. The van der Waals surface area contributed by atoms with Gasteiger partial charge in [0, 0.05) is 23.5 Å². The van der Waals surface area contributed by atoms with E-state index in [2.05, 4.69) is 15.5 Å². The van der Waals surface area contributed by atoms with E-state index in [0.29, 0.717) is 18.5 Å². The monoisotopic (exact) mass is 385 g/mol. The average Bonchev–Trinajstić information content (AvgIpc) is 3.27. The molecule has 8 nitrogen and oxygen atoms in total. The maximum atomic E-state index is 13.0. The van der Waals surface area contributed by atoms with E-state index in [1.807, 2.05) is 18.4 Å². The molecule has 146 valence electrons. The summed E-state index contributed by atoms with van der Waals surface area (Å²) in [7, 11) is 0. The summed E-state index contributed by atoms with van der Waals surface area (Å²) in [4.78, 5) is 24.2. The van der Waals surface area contributed by atoms with Gasteiger partial charge in [-0.15, -0.1) is 5.10 Å². The minimum Gasteiger partial charge on any atom is -0.456 e. The van der Waals surface area contributed by atoms with Crippen molar-refractivity contribution in [3.63, 3.8) is 0 Å². The molecule has 1 aromatic carbocycles. The van der Waals surface area contributed by atoms with Gasteiger partial charge < -0.3 is 9.30 Å². The van der Waals surface area contributed by atoms with Crippen molar-refractivity contribution in [2.75, 3.05) is 6.61 Å². The third-order valence-corrected chi connectivity index (χ3v) is 4.46. The van der Waals surface area contributed by atoms with Crippen LogP contribution in [0.5, 0.6) is 0 Å². The number of carbonyl (C=O) groups is 2. The summed E-state index contributed by atoms with van der Waals surface area (Å²) in [5, 5.41) is 10.4. The zero-order chi connectivity index (χ0) is 20.1. The van der Waals surface area contributed by atoms with Crippen LogP contribution in [0.25, 0.3) is 0 Å². The highest BCUT2D eigenvalue weighted by atomic mass is 19.1. The number of halogens is 1. The fourth-order valence-corrected chi connectivity index (χ4v) is 2.97. The van der Waals surface area contributed by atoms with E-state index >= 15 is 0 Å². The molecule has 28 heavy (non-hydrogen) atoms. The molecule has 2 heterocycles. The van der Waals surface area contributed by atoms with E-state index in [1.54, 1.807) is 18.2 Å². The van der Waals surface area contributed by atoms with Gasteiger partial charge in [-0.05, 0) is 54.5 Å². The van der Waals surface area contributed by atoms with Crippen molar-refractivity contribution in [3.8, 4) is 0 Å². The minimum atomic E-state index is -0.592. The lowest BCUT2D eigenvalue weighted by Crippen LogP contribution is -2.19. The summed E-state index contributed by atoms with van der Waals surface area (Å²) in [6.07, 6.45) is 2.00. The summed E-state index contributed by atoms with van der Waals surface area (Å²) < 4.78 is 21.3. The predicted molar refractivity (Wildman–Crippen MR) is 97.1 cm³/mol. The van der Waals surface area contributed by atoms with Gasteiger partial charge in [0.15, 0.2) is 6.61 Å². The molecule has 0 amide bonds. The Balaban J connectivity index is 1.59. The van der Waals surface area contributed by atoms with Crippen molar-refractivity contribution in [1.29, 1.82) is 0 Å². The van der Waals surface area contributed by atoms with E-state index in [1.165, 1.54) is 23.1 Å². The average molecular weight is 385 g/mol. The van der Waals surface area contributed by atoms with Gasteiger partial charge in [0.05, 0.1) is 0 Å². The second-order valence-corrected chi connectivity index (χ2v) is 6.40. The van der Waals surface area contributed by atoms with Crippen molar-refractivity contribution in [2.45, 2.75) is 33.4 Å². The molecule has 3 aromatic rings. The third kappa shape index (κ3) is 4.67. The normalized spacial score (nSPS) is 10.8. The number of aromatic nitrogens is 5. The quantitative estimate of drug-likeness (QED) is 0.434. The molecule has 0 aliphatic heterocycles. The Morgan fingerprint density at radius 1 is 1.18 bits per heavy atom. The molecule has 9 heteroatoms. The molecule has 0 saturated carbocycles. The molecule has 0 saturated heterocycles. The maximum absolute atomic E-state index is 13.0. The van der Waals surface area contributed by atoms with Gasteiger partial charge in [0.2, 0.25) is 5.78 Å². The number of benzene rings is 1. The van der Waals surface area contributed by atoms with Crippen LogP contribution in [0.15, 0.2) is 36.7 Å². The number of hydrogen-bond acceptors (Lipinski definition) is 6. The van der Waals surface area contributed by atoms with Gasteiger partial charge in [-0.2, -0.15) is 0 Å². The molecule has 0 aliphatic carbocycles. The van der Waals surface area contributed by atoms with Crippen molar-refractivity contribution in [1.82, 2.24) is 24.8 Å². The summed E-state index contributed by atoms with van der Waals surface area (Å²) in [5.41, 5.74) is 3.27. The van der Waals surface area contributed by atoms with Crippen molar-refractivity contribution in [3.05, 3.63) is 65.0 Å². The largest absolute Gasteiger partial charge is 0.456 e. The Kier molecular flexibility index (Phi) is 5.93. The van der Waals surface area contributed by atoms with Gasteiger partial charge in [-0.25, -0.2) is 9.07 Å². The number of aryl methyl sites for hydroxylation is 2. The first-order valence-electron chi connectivity index (χ1n) is 8.75. The molecule has 0 fully saturated rings. The van der Waals surface area contributed by atoms with Gasteiger partial charge in [-0.3, -0.25) is 9.59 Å². The Hall–Kier alpha value is -3.36. The Labute approximate surface area is 160 Å². The summed E-state index contributed by atoms with van der Waals surface area (Å²) in [5.74, 6) is -1.13. The number of ether oxygens (including phenoxy) is 1. The lowest BCUT2D eigenvalue weighted by molar-refractivity contribution is -0.143. The van der Waals surface area contributed by atoms with E-state index in [4.69, 9.17) is 4.74 Å². The van der Waals surface area contributed by atoms with Crippen LogP contribution < -0.4 is 0 Å². The lowest BCUT2D eigenvalue weighted by atomic mass is 10.1. The lowest BCUT2D eigenvalue weighted by Gasteiger charge is -2.10. The fraction of sp³-hybridized carbons (Fsp3) is 0.316. The molecule has 0 unspecified atom stereocenters. The highest BCUT2D eigenvalue weighted by Gasteiger charge is 2.17. The van der Waals surface area contributed by atoms with Crippen LogP contribution in [0.4, 0.5) is 4.39 Å². The first kappa shape index (κ1) is 19.4. The van der Waals surface area contributed by atoms with Gasteiger partial charge in [0.25, 0.3) is 0 Å². The Bertz CT molecular complexity index is 964. The molecular formula is C19H20FN5O3. The van der Waals surface area contributed by atoms with Crippen LogP contribution in [0, 0.1) is 19.7 Å². The van der Waals surface area contributed by atoms with Gasteiger partial charge >= 0.3 is 5.97 Å². The van der Waals surface area contributed by atoms with Crippen molar-refractivity contribution in [2.24, 2.45) is 0 Å². The van der Waals surface area contributed by atoms with Crippen LogP contribution in [0.1, 0.15) is 27.3 Å². The van der Waals surface area contributed by atoms with Crippen LogP contribution in [-0.2, 0) is 29.0 Å². The molecule has 0 N–H and O–H groups in total. The molecule has 0 spiro atoms. The molecular weight excluding hydrogens is 365 g/mol. The molecule has 3 rings (SSSR count). The van der Waals surface area contributed by atoms with Gasteiger partial charge in [0.1, 0.15) is 18.7 Å². The fourth-order valence-electron chi connectivity index (χ4n) is 2.97. The number of nitrogens with zero attached hydrogens (tertiary/aromatic N) is 5. The smallest absolute Gasteiger partial charge is 0.328 e. The van der Waals surface area contributed by atoms with Gasteiger partial charge in [-0.1, -0.05) is 12.1 Å². The number of carbonyl (C=O) groups excluding carboxylic acids is 2. The molecule has 0 radical (unpaired) electrons. The summed E-state index contributed by atoms with van der Waals surface area (Å²) >= 11 is 0. The SMILES string of the molecule is Cc1cc(C(=O)COC(=O)Cn2cnnn2)c(C)n1CCc1ccc(F)cc1. The first-order valence-corrected chi connectivity index (χ1v) is 8.75. The molecule has 0 aliphatic rings. The number of tetrazole rings is 1. The second kappa shape index (κ2) is 8.55. The summed E-state index contributed by atoms with van der Waals surface area (Å²) in [6, 6.07) is 8.16. The minimum absolute atomic E-state index is 0.156. The zero-order valence-electron chi connectivity index (χ0n) is 15.6.